The summed E-state index contributed by atoms with van der Waals surface area (Å²) >= 11 is 0. The Balaban J connectivity index is 1.47. The van der Waals surface area contributed by atoms with Gasteiger partial charge in [0.15, 0.2) is 5.69 Å². The van der Waals surface area contributed by atoms with E-state index in [-0.39, 0.29) is 11.6 Å². The minimum atomic E-state index is -0.284. The molecule has 150 valence electrons. The molecule has 0 aliphatic carbocycles. The largest absolute Gasteiger partial charge is 0.497 e. The number of hydrogen-bond acceptors (Lipinski definition) is 6. The molecule has 0 bridgehead atoms. The normalized spacial score (nSPS) is 10.3. The number of carbonyl (C=O) groups is 1. The number of nitrogens with one attached hydrogen (secondary N) is 2. The molecule has 0 aliphatic rings. The summed E-state index contributed by atoms with van der Waals surface area (Å²) in [5.41, 5.74) is 2.12. The summed E-state index contributed by atoms with van der Waals surface area (Å²) in [6.45, 7) is 3.06. The zero-order chi connectivity index (χ0) is 20.5. The van der Waals surface area contributed by atoms with E-state index in [1.165, 1.54) is 0 Å². The first-order valence-corrected chi connectivity index (χ1v) is 9.43. The van der Waals surface area contributed by atoms with E-state index in [2.05, 4.69) is 20.8 Å². The number of benzene rings is 2. The van der Waals surface area contributed by atoms with E-state index in [0.29, 0.717) is 19.0 Å². The van der Waals surface area contributed by atoms with Gasteiger partial charge in [0.1, 0.15) is 23.9 Å². The molecule has 0 aliphatic heterocycles. The average molecular weight is 392 g/mol. The predicted octanol–water partition coefficient (Wildman–Crippen LogP) is 3.79. The SMILES string of the molecule is CCc1ccccc1NC(=O)c1ccc(NCCOc2ccc(OC)cc2)nn1. The van der Waals surface area contributed by atoms with Crippen LogP contribution in [-0.2, 0) is 6.42 Å². The Hall–Kier alpha value is -3.61. The van der Waals surface area contributed by atoms with Crippen LogP contribution >= 0.6 is 0 Å². The zero-order valence-corrected chi connectivity index (χ0v) is 16.5. The van der Waals surface area contributed by atoms with Crippen LogP contribution in [0.5, 0.6) is 11.5 Å². The number of methoxy groups -OCH3 is 1. The van der Waals surface area contributed by atoms with Crippen molar-refractivity contribution in [3.05, 3.63) is 71.9 Å². The molecule has 0 radical (unpaired) electrons. The maximum absolute atomic E-state index is 12.4. The Morgan fingerprint density at radius 3 is 2.41 bits per heavy atom. The van der Waals surface area contributed by atoms with Gasteiger partial charge in [0, 0.05) is 5.69 Å². The fraction of sp³-hybridized carbons (Fsp3) is 0.227. The molecule has 2 aromatic carbocycles. The average Bonchev–Trinajstić information content (AvgIpc) is 2.78. The number of aromatic nitrogens is 2. The van der Waals surface area contributed by atoms with E-state index < -0.39 is 0 Å². The number of para-hydroxylation sites is 1. The lowest BCUT2D eigenvalue weighted by Crippen LogP contribution is -2.17. The molecular weight excluding hydrogens is 368 g/mol. The molecule has 0 spiro atoms. The first kappa shape index (κ1) is 20.1. The molecule has 3 aromatic rings. The molecule has 0 saturated carbocycles. The van der Waals surface area contributed by atoms with E-state index in [1.54, 1.807) is 19.2 Å². The van der Waals surface area contributed by atoms with Gasteiger partial charge in [-0.3, -0.25) is 4.79 Å². The lowest BCUT2D eigenvalue weighted by molar-refractivity contribution is 0.102. The molecule has 0 saturated heterocycles. The summed E-state index contributed by atoms with van der Waals surface area (Å²) in [7, 11) is 1.62. The Morgan fingerprint density at radius 1 is 0.966 bits per heavy atom. The van der Waals surface area contributed by atoms with Crippen molar-refractivity contribution in [1.82, 2.24) is 10.2 Å². The molecule has 29 heavy (non-hydrogen) atoms. The zero-order valence-electron chi connectivity index (χ0n) is 16.5. The first-order valence-electron chi connectivity index (χ1n) is 9.43. The van der Waals surface area contributed by atoms with Gasteiger partial charge in [0.25, 0.3) is 5.91 Å². The lowest BCUT2D eigenvalue weighted by Gasteiger charge is -2.10. The predicted molar refractivity (Wildman–Crippen MR) is 113 cm³/mol. The standard InChI is InChI=1S/C22H24N4O3/c1-3-16-6-4-5-7-19(16)24-22(27)20-12-13-21(26-25-20)23-14-15-29-18-10-8-17(28-2)9-11-18/h4-13H,3,14-15H2,1-2H3,(H,23,26)(H,24,27). The summed E-state index contributed by atoms with van der Waals surface area (Å²) in [5, 5.41) is 14.1. The highest BCUT2D eigenvalue weighted by molar-refractivity contribution is 6.03. The third kappa shape index (κ3) is 5.68. The van der Waals surface area contributed by atoms with Crippen molar-refractivity contribution < 1.29 is 14.3 Å². The van der Waals surface area contributed by atoms with Gasteiger partial charge < -0.3 is 20.1 Å². The molecule has 0 fully saturated rings. The second-order valence-electron chi connectivity index (χ2n) is 6.22. The van der Waals surface area contributed by atoms with E-state index in [4.69, 9.17) is 9.47 Å². The number of ether oxygens (including phenoxy) is 2. The van der Waals surface area contributed by atoms with Gasteiger partial charge >= 0.3 is 0 Å². The van der Waals surface area contributed by atoms with E-state index in [0.717, 1.165) is 29.2 Å². The Labute approximate surface area is 170 Å². The number of aryl methyl sites for hydroxylation is 1. The van der Waals surface area contributed by atoms with Crippen molar-refractivity contribution in [2.45, 2.75) is 13.3 Å². The summed E-state index contributed by atoms with van der Waals surface area (Å²) in [6, 6.07) is 18.5. The van der Waals surface area contributed by atoms with Crippen LogP contribution in [0.3, 0.4) is 0 Å². The maximum atomic E-state index is 12.4. The number of amides is 1. The van der Waals surface area contributed by atoms with Crippen molar-refractivity contribution in [3.63, 3.8) is 0 Å². The lowest BCUT2D eigenvalue weighted by atomic mass is 10.1. The van der Waals surface area contributed by atoms with Gasteiger partial charge in [-0.1, -0.05) is 25.1 Å². The van der Waals surface area contributed by atoms with Crippen LogP contribution in [0, 0.1) is 0 Å². The highest BCUT2D eigenvalue weighted by atomic mass is 16.5. The number of rotatable bonds is 9. The van der Waals surface area contributed by atoms with Crippen molar-refractivity contribution >= 4 is 17.4 Å². The molecule has 7 nitrogen and oxygen atoms in total. The summed E-state index contributed by atoms with van der Waals surface area (Å²) in [6.07, 6.45) is 0.837. The number of hydrogen-bond donors (Lipinski definition) is 2. The smallest absolute Gasteiger partial charge is 0.276 e. The van der Waals surface area contributed by atoms with Crippen LogP contribution in [0.1, 0.15) is 23.0 Å². The Morgan fingerprint density at radius 2 is 1.72 bits per heavy atom. The van der Waals surface area contributed by atoms with Gasteiger partial charge in [-0.05, 0) is 54.4 Å². The summed E-state index contributed by atoms with van der Waals surface area (Å²) < 4.78 is 10.8. The van der Waals surface area contributed by atoms with Crippen molar-refractivity contribution in [1.29, 1.82) is 0 Å². The first-order chi connectivity index (χ1) is 14.2. The van der Waals surface area contributed by atoms with Crippen molar-refractivity contribution in [2.24, 2.45) is 0 Å². The van der Waals surface area contributed by atoms with Gasteiger partial charge in [-0.25, -0.2) is 0 Å². The number of anilines is 2. The monoisotopic (exact) mass is 392 g/mol. The molecule has 1 aromatic heterocycles. The third-order valence-electron chi connectivity index (χ3n) is 4.28. The fourth-order valence-electron chi connectivity index (χ4n) is 2.70. The second-order valence-corrected chi connectivity index (χ2v) is 6.22. The molecule has 3 rings (SSSR count). The van der Waals surface area contributed by atoms with Crippen LogP contribution < -0.4 is 20.1 Å². The Kier molecular flexibility index (Phi) is 7.00. The van der Waals surface area contributed by atoms with Crippen molar-refractivity contribution in [3.8, 4) is 11.5 Å². The van der Waals surface area contributed by atoms with E-state index in [1.807, 2.05) is 55.5 Å². The Bertz CT molecular complexity index is 928. The van der Waals surface area contributed by atoms with Crippen LogP contribution in [0.4, 0.5) is 11.5 Å². The van der Waals surface area contributed by atoms with Crippen LogP contribution in [0.25, 0.3) is 0 Å². The quantitative estimate of drug-likeness (QED) is 0.539. The highest BCUT2D eigenvalue weighted by Crippen LogP contribution is 2.17. The summed E-state index contributed by atoms with van der Waals surface area (Å²) in [4.78, 5) is 12.4. The topological polar surface area (TPSA) is 85.4 Å². The molecule has 1 amide bonds. The maximum Gasteiger partial charge on any atom is 0.276 e. The minimum absolute atomic E-state index is 0.260. The van der Waals surface area contributed by atoms with E-state index in [9.17, 15) is 4.79 Å². The van der Waals surface area contributed by atoms with Gasteiger partial charge in [-0.15, -0.1) is 10.2 Å². The van der Waals surface area contributed by atoms with Crippen LogP contribution in [0.2, 0.25) is 0 Å². The fourth-order valence-corrected chi connectivity index (χ4v) is 2.70. The molecule has 2 N–H and O–H groups in total. The van der Waals surface area contributed by atoms with Crippen LogP contribution in [0.15, 0.2) is 60.7 Å². The number of carbonyl (C=O) groups excluding carboxylic acids is 1. The molecule has 7 heteroatoms. The highest BCUT2D eigenvalue weighted by Gasteiger charge is 2.10. The second kappa shape index (κ2) is 10.1. The third-order valence-corrected chi connectivity index (χ3v) is 4.28. The molecule has 1 heterocycles. The van der Waals surface area contributed by atoms with Crippen molar-refractivity contribution in [2.75, 3.05) is 30.9 Å². The minimum Gasteiger partial charge on any atom is -0.497 e. The number of nitrogens with zero attached hydrogens (tertiary/aromatic N) is 2. The van der Waals surface area contributed by atoms with Crippen LogP contribution in [-0.4, -0.2) is 36.4 Å². The van der Waals surface area contributed by atoms with Gasteiger partial charge in [0.05, 0.1) is 13.7 Å². The molecular formula is C22H24N4O3. The molecule has 0 unspecified atom stereocenters. The van der Waals surface area contributed by atoms with Gasteiger partial charge in [-0.2, -0.15) is 0 Å². The van der Waals surface area contributed by atoms with Gasteiger partial charge in [0.2, 0.25) is 0 Å². The summed E-state index contributed by atoms with van der Waals surface area (Å²) in [5.74, 6) is 1.84. The molecule has 0 atom stereocenters. The van der Waals surface area contributed by atoms with E-state index >= 15 is 0 Å².